The van der Waals surface area contributed by atoms with Gasteiger partial charge in [-0.25, -0.2) is 0 Å². The molecule has 0 atom stereocenters. The number of nitrogens with one attached hydrogen (secondary N) is 1. The van der Waals surface area contributed by atoms with E-state index >= 15 is 0 Å². The van der Waals surface area contributed by atoms with Crippen LogP contribution in [0.1, 0.15) is 19.3 Å². The van der Waals surface area contributed by atoms with Crippen molar-refractivity contribution < 1.29 is 9.90 Å². The second kappa shape index (κ2) is 5.47. The van der Waals surface area contributed by atoms with E-state index in [0.29, 0.717) is 12.3 Å². The lowest BCUT2D eigenvalue weighted by atomic mass is 9.94. The van der Waals surface area contributed by atoms with Gasteiger partial charge in [-0.1, -0.05) is 0 Å². The molecule has 0 unspecified atom stereocenters. The van der Waals surface area contributed by atoms with Crippen molar-refractivity contribution in [2.24, 2.45) is 11.0 Å². The number of nitrogens with zero attached hydrogens (tertiary/aromatic N) is 2. The summed E-state index contributed by atoms with van der Waals surface area (Å²) in [4.78, 5) is 12.6. The van der Waals surface area contributed by atoms with Crippen LogP contribution in [0.2, 0.25) is 0 Å². The Morgan fingerprint density at radius 1 is 1.64 bits per heavy atom. The quantitative estimate of drug-likeness (QED) is 0.389. The molecule has 5 heteroatoms. The van der Waals surface area contributed by atoms with Gasteiger partial charge in [-0.2, -0.15) is 5.10 Å². The van der Waals surface area contributed by atoms with Crippen LogP contribution in [0.3, 0.4) is 0 Å². The number of likely N-dealkylation sites (tertiary alicyclic amines) is 1. The van der Waals surface area contributed by atoms with Gasteiger partial charge in [-0.15, -0.1) is 0 Å². The van der Waals surface area contributed by atoms with E-state index < -0.39 is 5.97 Å². The fourth-order valence-corrected chi connectivity index (χ4v) is 1.66. The zero-order chi connectivity index (χ0) is 10.4. The van der Waals surface area contributed by atoms with Gasteiger partial charge in [0, 0.05) is 26.6 Å². The van der Waals surface area contributed by atoms with Gasteiger partial charge in [0.25, 0.3) is 0 Å². The first-order valence-corrected chi connectivity index (χ1v) is 4.88. The summed E-state index contributed by atoms with van der Waals surface area (Å²) in [5.74, 6) is -0.348. The molecule has 1 heterocycles. The zero-order valence-electron chi connectivity index (χ0n) is 8.44. The van der Waals surface area contributed by atoms with E-state index in [1.807, 2.05) is 0 Å². The maximum Gasteiger partial charge on any atom is 0.303 e. The zero-order valence-corrected chi connectivity index (χ0v) is 8.44. The number of hydrogen-bond donors (Lipinski definition) is 2. The number of carboxylic acids is 1. The molecule has 1 aliphatic heterocycles. The average molecular weight is 199 g/mol. The summed E-state index contributed by atoms with van der Waals surface area (Å²) >= 11 is 0. The van der Waals surface area contributed by atoms with Crippen LogP contribution in [0, 0.1) is 5.92 Å². The number of carboxylic acid groups (broad SMARTS) is 1. The monoisotopic (exact) mass is 199 g/mol. The fourth-order valence-electron chi connectivity index (χ4n) is 1.66. The van der Waals surface area contributed by atoms with E-state index in [2.05, 4.69) is 15.4 Å². The lowest BCUT2D eigenvalue weighted by Crippen LogP contribution is -2.33. The molecule has 14 heavy (non-hydrogen) atoms. The summed E-state index contributed by atoms with van der Waals surface area (Å²) in [5.41, 5.74) is 2.69. The topological polar surface area (TPSA) is 64.9 Å². The molecule has 0 aromatic heterocycles. The van der Waals surface area contributed by atoms with E-state index in [-0.39, 0.29) is 0 Å². The molecule has 2 N–H and O–H groups in total. The Kier molecular flexibility index (Phi) is 4.22. The highest BCUT2D eigenvalue weighted by Crippen LogP contribution is 2.19. The Balaban J connectivity index is 2.24. The maximum absolute atomic E-state index is 10.5. The molecule has 0 saturated carbocycles. The second-order valence-corrected chi connectivity index (χ2v) is 3.55. The highest BCUT2D eigenvalue weighted by molar-refractivity contribution is 5.67. The van der Waals surface area contributed by atoms with Gasteiger partial charge < -0.3 is 15.4 Å². The highest BCUT2D eigenvalue weighted by Gasteiger charge is 2.19. The van der Waals surface area contributed by atoms with Crippen LogP contribution >= 0.6 is 0 Å². The van der Waals surface area contributed by atoms with Crippen molar-refractivity contribution in [3.8, 4) is 0 Å². The Morgan fingerprint density at radius 2 is 2.29 bits per heavy atom. The predicted molar refractivity (Wildman–Crippen MR) is 54.1 cm³/mol. The van der Waals surface area contributed by atoms with E-state index in [1.165, 1.54) is 0 Å². The Bertz CT molecular complexity index is 210. The number of rotatable bonds is 4. The van der Waals surface area contributed by atoms with Crippen LogP contribution in [-0.4, -0.2) is 42.5 Å². The van der Waals surface area contributed by atoms with Crippen LogP contribution in [0.15, 0.2) is 5.10 Å². The Morgan fingerprint density at radius 3 is 2.79 bits per heavy atom. The molecular formula is C9H17N3O2. The third-order valence-corrected chi connectivity index (χ3v) is 2.46. The van der Waals surface area contributed by atoms with Crippen molar-refractivity contribution in [2.45, 2.75) is 19.3 Å². The molecule has 1 aliphatic rings. The SMILES string of the molecule is CNN=CN1CCC(CC(=O)O)CC1. The Labute approximate surface area is 83.8 Å². The maximum atomic E-state index is 10.5. The molecule has 0 radical (unpaired) electrons. The smallest absolute Gasteiger partial charge is 0.303 e. The van der Waals surface area contributed by atoms with Crippen LogP contribution in [0.25, 0.3) is 0 Å². The lowest BCUT2D eigenvalue weighted by Gasteiger charge is -2.29. The van der Waals surface area contributed by atoms with Crippen LogP contribution in [0.5, 0.6) is 0 Å². The summed E-state index contributed by atoms with van der Waals surface area (Å²) < 4.78 is 0. The van der Waals surface area contributed by atoms with Gasteiger partial charge in [-0.3, -0.25) is 4.79 Å². The minimum atomic E-state index is -0.688. The molecular weight excluding hydrogens is 182 g/mol. The van der Waals surface area contributed by atoms with Crippen molar-refractivity contribution in [3.63, 3.8) is 0 Å². The first-order valence-electron chi connectivity index (χ1n) is 4.88. The summed E-state index contributed by atoms with van der Waals surface area (Å²) in [7, 11) is 1.76. The average Bonchev–Trinajstić information content (AvgIpc) is 2.16. The van der Waals surface area contributed by atoms with E-state index in [4.69, 9.17) is 5.11 Å². The minimum absolute atomic E-state index is 0.303. The van der Waals surface area contributed by atoms with E-state index in [1.54, 1.807) is 13.4 Å². The van der Waals surface area contributed by atoms with Crippen molar-refractivity contribution >= 4 is 12.3 Å². The predicted octanol–water partition coefficient (Wildman–Crippen LogP) is 0.336. The van der Waals surface area contributed by atoms with Crippen molar-refractivity contribution in [2.75, 3.05) is 20.1 Å². The standard InChI is InChI=1S/C9H17N3O2/c1-10-11-7-12-4-2-8(3-5-12)6-9(13)14/h7-8,10H,2-6H2,1H3,(H,13,14). The molecule has 1 saturated heterocycles. The minimum Gasteiger partial charge on any atom is -0.481 e. The number of aliphatic carboxylic acids is 1. The molecule has 0 spiro atoms. The fraction of sp³-hybridized carbons (Fsp3) is 0.778. The molecule has 0 aromatic carbocycles. The number of hydrazone groups is 1. The first kappa shape index (κ1) is 10.8. The van der Waals surface area contributed by atoms with Gasteiger partial charge in [-0.05, 0) is 18.8 Å². The van der Waals surface area contributed by atoms with Gasteiger partial charge in [0.05, 0.1) is 0 Å². The summed E-state index contributed by atoms with van der Waals surface area (Å²) in [6, 6.07) is 0. The Hall–Kier alpha value is -1.26. The highest BCUT2D eigenvalue weighted by atomic mass is 16.4. The number of piperidine rings is 1. The van der Waals surface area contributed by atoms with Gasteiger partial charge in [0.15, 0.2) is 0 Å². The lowest BCUT2D eigenvalue weighted by molar-refractivity contribution is -0.138. The molecule has 5 nitrogen and oxygen atoms in total. The number of hydrogen-bond acceptors (Lipinski definition) is 3. The van der Waals surface area contributed by atoms with Crippen LogP contribution in [-0.2, 0) is 4.79 Å². The normalized spacial score (nSPS) is 18.8. The van der Waals surface area contributed by atoms with Crippen LogP contribution in [0.4, 0.5) is 0 Å². The number of carbonyl (C=O) groups is 1. The van der Waals surface area contributed by atoms with Gasteiger partial charge >= 0.3 is 5.97 Å². The summed E-state index contributed by atoms with van der Waals surface area (Å²) in [6.45, 7) is 1.81. The van der Waals surface area contributed by atoms with Crippen LogP contribution < -0.4 is 5.43 Å². The van der Waals surface area contributed by atoms with E-state index in [0.717, 1.165) is 25.9 Å². The molecule has 0 aliphatic carbocycles. The van der Waals surface area contributed by atoms with E-state index in [9.17, 15) is 4.79 Å². The van der Waals surface area contributed by atoms with Gasteiger partial charge in [0.1, 0.15) is 6.34 Å². The molecule has 0 amide bonds. The molecule has 0 bridgehead atoms. The van der Waals surface area contributed by atoms with Crippen molar-refractivity contribution in [3.05, 3.63) is 0 Å². The third kappa shape index (κ3) is 3.64. The first-order chi connectivity index (χ1) is 6.72. The largest absolute Gasteiger partial charge is 0.481 e. The van der Waals surface area contributed by atoms with Crippen molar-refractivity contribution in [1.82, 2.24) is 10.3 Å². The second-order valence-electron chi connectivity index (χ2n) is 3.55. The summed E-state index contributed by atoms with van der Waals surface area (Å²) in [6.07, 6.45) is 3.97. The third-order valence-electron chi connectivity index (χ3n) is 2.46. The molecule has 0 aromatic rings. The van der Waals surface area contributed by atoms with Crippen molar-refractivity contribution in [1.29, 1.82) is 0 Å². The molecule has 1 fully saturated rings. The summed E-state index contributed by atoms with van der Waals surface area (Å²) in [5, 5.41) is 12.5. The molecule has 80 valence electrons. The van der Waals surface area contributed by atoms with Gasteiger partial charge in [0.2, 0.25) is 0 Å². The molecule has 1 rings (SSSR count).